The normalized spacial score (nSPS) is 13.8. The summed E-state index contributed by atoms with van der Waals surface area (Å²) in [4.78, 5) is 3.75. The van der Waals surface area contributed by atoms with Gasteiger partial charge in [-0.2, -0.15) is 0 Å². The first-order chi connectivity index (χ1) is 5.61. The number of hydrogen-bond donors (Lipinski definition) is 1. The quantitative estimate of drug-likeness (QED) is 0.749. The Balaban J connectivity index is 2.77. The second kappa shape index (κ2) is 3.62. The van der Waals surface area contributed by atoms with Crippen molar-refractivity contribution in [3.05, 3.63) is 18.2 Å². The monoisotopic (exact) mass is 175 g/mol. The van der Waals surface area contributed by atoms with Crippen molar-refractivity contribution in [2.45, 2.75) is 25.9 Å². The zero-order chi connectivity index (χ0) is 9.14. The molecule has 0 aliphatic heterocycles. The minimum absolute atomic E-state index is 0.258. The molecule has 0 aliphatic rings. The van der Waals surface area contributed by atoms with Crippen LogP contribution in [0.2, 0.25) is 0 Å². The molecule has 2 N–H and O–H groups in total. The second-order valence-corrected chi connectivity index (χ2v) is 2.65. The molecule has 0 fully saturated rings. The summed E-state index contributed by atoms with van der Waals surface area (Å²) in [5.74, 6) is 0. The van der Waals surface area contributed by atoms with E-state index in [-0.39, 0.29) is 12.6 Å². The highest BCUT2D eigenvalue weighted by atomic mass is 19.3. The molecule has 0 unspecified atom stereocenters. The number of imidazole rings is 1. The molecule has 0 aromatic carbocycles. The van der Waals surface area contributed by atoms with Crippen LogP contribution in [0.5, 0.6) is 0 Å². The van der Waals surface area contributed by atoms with Crippen LogP contribution < -0.4 is 5.73 Å². The molecule has 5 heteroatoms. The summed E-state index contributed by atoms with van der Waals surface area (Å²) in [6.07, 6.45) is 0.509. The predicted molar refractivity (Wildman–Crippen MR) is 40.8 cm³/mol. The van der Waals surface area contributed by atoms with Crippen LogP contribution in [0.1, 0.15) is 18.7 Å². The van der Waals surface area contributed by atoms with Crippen molar-refractivity contribution in [1.29, 1.82) is 0 Å². The third-order valence-corrected chi connectivity index (χ3v) is 1.55. The van der Waals surface area contributed by atoms with E-state index in [1.165, 1.54) is 17.1 Å². The van der Waals surface area contributed by atoms with Crippen molar-refractivity contribution in [2.24, 2.45) is 5.73 Å². The van der Waals surface area contributed by atoms with Gasteiger partial charge >= 0.3 is 0 Å². The highest BCUT2D eigenvalue weighted by Gasteiger charge is 2.10. The molecule has 0 aliphatic carbocycles. The average Bonchev–Trinajstić information content (AvgIpc) is 2.33. The standard InChI is InChI=1S/C7H11F2N3/c1-5(10)6-2-11-4-12(6)3-7(8)9/h2,4-5,7H,3,10H2,1H3/t5-/m1/s1. The van der Waals surface area contributed by atoms with Crippen molar-refractivity contribution in [3.8, 4) is 0 Å². The molecule has 0 saturated carbocycles. The lowest BCUT2D eigenvalue weighted by Crippen LogP contribution is -2.14. The van der Waals surface area contributed by atoms with Gasteiger partial charge in [-0.25, -0.2) is 13.8 Å². The zero-order valence-electron chi connectivity index (χ0n) is 6.74. The van der Waals surface area contributed by atoms with E-state index in [1.807, 2.05) is 0 Å². The van der Waals surface area contributed by atoms with Crippen LogP contribution in [0.4, 0.5) is 8.78 Å². The Hall–Kier alpha value is -0.970. The van der Waals surface area contributed by atoms with Crippen LogP contribution in [0.25, 0.3) is 0 Å². The lowest BCUT2D eigenvalue weighted by Gasteiger charge is -2.09. The maximum absolute atomic E-state index is 12.0. The van der Waals surface area contributed by atoms with E-state index >= 15 is 0 Å². The minimum atomic E-state index is -2.36. The third kappa shape index (κ3) is 2.01. The van der Waals surface area contributed by atoms with Crippen LogP contribution >= 0.6 is 0 Å². The van der Waals surface area contributed by atoms with Gasteiger partial charge in [-0.15, -0.1) is 0 Å². The SMILES string of the molecule is C[C@@H](N)c1cncn1CC(F)F. The third-order valence-electron chi connectivity index (χ3n) is 1.55. The molecule has 0 amide bonds. The van der Waals surface area contributed by atoms with Gasteiger partial charge in [0.2, 0.25) is 0 Å². The Labute approximate surface area is 69.2 Å². The Kier molecular flexibility index (Phi) is 2.75. The van der Waals surface area contributed by atoms with Gasteiger partial charge in [-0.1, -0.05) is 0 Å². The van der Waals surface area contributed by atoms with E-state index < -0.39 is 6.43 Å². The molecule has 3 nitrogen and oxygen atoms in total. The smallest absolute Gasteiger partial charge is 0.256 e. The maximum atomic E-state index is 12.0. The van der Waals surface area contributed by atoms with Gasteiger partial charge in [0.1, 0.15) is 0 Å². The highest BCUT2D eigenvalue weighted by molar-refractivity contribution is 5.02. The van der Waals surface area contributed by atoms with E-state index in [9.17, 15) is 8.78 Å². The molecule has 1 atom stereocenters. The Morgan fingerprint density at radius 3 is 2.83 bits per heavy atom. The number of nitrogens with zero attached hydrogens (tertiary/aromatic N) is 2. The number of halogens is 2. The molecule has 1 aromatic heterocycles. The van der Waals surface area contributed by atoms with Crippen molar-refractivity contribution in [2.75, 3.05) is 0 Å². The van der Waals surface area contributed by atoms with Crippen molar-refractivity contribution in [1.82, 2.24) is 9.55 Å². The molecule has 0 saturated heterocycles. The molecule has 1 rings (SSSR count). The van der Waals surface area contributed by atoms with Gasteiger partial charge in [0.25, 0.3) is 6.43 Å². The van der Waals surface area contributed by atoms with Crippen LogP contribution in [0.3, 0.4) is 0 Å². The number of alkyl halides is 2. The van der Waals surface area contributed by atoms with Gasteiger partial charge in [0.15, 0.2) is 0 Å². The van der Waals surface area contributed by atoms with Crippen molar-refractivity contribution in [3.63, 3.8) is 0 Å². The van der Waals surface area contributed by atoms with Gasteiger partial charge in [-0.05, 0) is 6.92 Å². The fraction of sp³-hybridized carbons (Fsp3) is 0.571. The first-order valence-electron chi connectivity index (χ1n) is 3.65. The molecular weight excluding hydrogens is 164 g/mol. The van der Waals surface area contributed by atoms with E-state index in [0.717, 1.165) is 0 Å². The molecular formula is C7H11F2N3. The Bertz CT molecular complexity index is 245. The summed E-state index contributed by atoms with van der Waals surface area (Å²) < 4.78 is 25.3. The summed E-state index contributed by atoms with van der Waals surface area (Å²) in [5, 5.41) is 0. The second-order valence-electron chi connectivity index (χ2n) is 2.65. The summed E-state index contributed by atoms with van der Waals surface area (Å²) >= 11 is 0. The van der Waals surface area contributed by atoms with Crippen molar-refractivity contribution >= 4 is 0 Å². The first kappa shape index (κ1) is 9.12. The molecule has 1 aromatic rings. The minimum Gasteiger partial charge on any atom is -0.327 e. The van der Waals surface area contributed by atoms with Crippen LogP contribution in [-0.2, 0) is 6.54 Å². The lowest BCUT2D eigenvalue weighted by atomic mass is 10.3. The van der Waals surface area contributed by atoms with Crippen LogP contribution in [-0.4, -0.2) is 16.0 Å². The predicted octanol–water partition coefficient (Wildman–Crippen LogP) is 1.17. The largest absolute Gasteiger partial charge is 0.327 e. The topological polar surface area (TPSA) is 43.8 Å². The number of nitrogens with two attached hydrogens (primary N) is 1. The Morgan fingerprint density at radius 2 is 2.33 bits per heavy atom. The summed E-state index contributed by atoms with van der Waals surface area (Å²) in [6, 6.07) is -0.258. The maximum Gasteiger partial charge on any atom is 0.256 e. The van der Waals surface area contributed by atoms with E-state index in [1.54, 1.807) is 6.92 Å². The van der Waals surface area contributed by atoms with Crippen molar-refractivity contribution < 1.29 is 8.78 Å². The number of rotatable bonds is 3. The number of aromatic nitrogens is 2. The van der Waals surface area contributed by atoms with E-state index in [0.29, 0.717) is 5.69 Å². The zero-order valence-corrected chi connectivity index (χ0v) is 6.74. The first-order valence-corrected chi connectivity index (χ1v) is 3.65. The fourth-order valence-corrected chi connectivity index (χ4v) is 1.01. The molecule has 0 spiro atoms. The fourth-order valence-electron chi connectivity index (χ4n) is 1.01. The van der Waals surface area contributed by atoms with Gasteiger partial charge < -0.3 is 10.3 Å². The summed E-state index contributed by atoms with van der Waals surface area (Å²) in [5.41, 5.74) is 6.16. The number of hydrogen-bond acceptors (Lipinski definition) is 2. The lowest BCUT2D eigenvalue weighted by molar-refractivity contribution is 0.125. The molecule has 0 bridgehead atoms. The molecule has 12 heavy (non-hydrogen) atoms. The summed E-state index contributed by atoms with van der Waals surface area (Å²) in [6.45, 7) is 1.40. The molecule has 68 valence electrons. The van der Waals surface area contributed by atoms with Crippen LogP contribution in [0, 0.1) is 0 Å². The van der Waals surface area contributed by atoms with Gasteiger partial charge in [0, 0.05) is 12.2 Å². The molecule has 0 radical (unpaired) electrons. The van der Waals surface area contributed by atoms with Crippen LogP contribution in [0.15, 0.2) is 12.5 Å². The summed E-state index contributed by atoms with van der Waals surface area (Å²) in [7, 11) is 0. The molecule has 1 heterocycles. The van der Waals surface area contributed by atoms with Gasteiger partial charge in [-0.3, -0.25) is 0 Å². The Morgan fingerprint density at radius 1 is 1.67 bits per heavy atom. The average molecular weight is 175 g/mol. The van der Waals surface area contributed by atoms with Gasteiger partial charge in [0.05, 0.1) is 18.6 Å². The van der Waals surface area contributed by atoms with E-state index in [2.05, 4.69) is 4.98 Å². The highest BCUT2D eigenvalue weighted by Crippen LogP contribution is 2.10. The van der Waals surface area contributed by atoms with E-state index in [4.69, 9.17) is 5.73 Å².